The van der Waals surface area contributed by atoms with Crippen LogP contribution in [0.5, 0.6) is 0 Å². The lowest BCUT2D eigenvalue weighted by Crippen LogP contribution is -2.45. The van der Waals surface area contributed by atoms with Gasteiger partial charge in [-0.15, -0.1) is 0 Å². The summed E-state index contributed by atoms with van der Waals surface area (Å²) in [5.74, 6) is -0.791. The highest BCUT2D eigenvalue weighted by molar-refractivity contribution is 5.74. The molecule has 0 aromatic carbocycles. The molecule has 18 heavy (non-hydrogen) atoms. The Kier molecular flexibility index (Phi) is 9.06. The van der Waals surface area contributed by atoms with Gasteiger partial charge in [0.05, 0.1) is 0 Å². The number of carbonyl (C=O) groups is 2. The molecular weight excluding hydrogens is 232 g/mol. The van der Waals surface area contributed by atoms with E-state index in [1.54, 1.807) is 0 Å². The molecule has 0 spiro atoms. The van der Waals surface area contributed by atoms with E-state index in [9.17, 15) is 9.59 Å². The predicted octanol–water partition coefficient (Wildman–Crippen LogP) is 2.51. The van der Waals surface area contributed by atoms with Crippen LogP contribution in [-0.4, -0.2) is 29.2 Å². The van der Waals surface area contributed by atoms with E-state index in [4.69, 9.17) is 5.11 Å². The van der Waals surface area contributed by atoms with Gasteiger partial charge in [-0.25, -0.2) is 4.79 Å². The summed E-state index contributed by atoms with van der Waals surface area (Å²) < 4.78 is 0. The number of urea groups is 1. The summed E-state index contributed by atoms with van der Waals surface area (Å²) in [7, 11) is 0. The van der Waals surface area contributed by atoms with Gasteiger partial charge in [-0.1, -0.05) is 20.3 Å². The minimum Gasteiger partial charge on any atom is -0.481 e. The van der Waals surface area contributed by atoms with Crippen LogP contribution in [0.3, 0.4) is 0 Å². The van der Waals surface area contributed by atoms with Gasteiger partial charge in [0.2, 0.25) is 0 Å². The lowest BCUT2D eigenvalue weighted by atomic mass is 10.1. The van der Waals surface area contributed by atoms with Crippen LogP contribution in [0.25, 0.3) is 0 Å². The van der Waals surface area contributed by atoms with Crippen LogP contribution in [0.1, 0.15) is 59.3 Å². The fourth-order valence-electron chi connectivity index (χ4n) is 1.81. The molecule has 0 heterocycles. The monoisotopic (exact) mass is 258 g/mol. The number of aliphatic carboxylic acids is 1. The van der Waals surface area contributed by atoms with Gasteiger partial charge in [0.25, 0.3) is 0 Å². The minimum atomic E-state index is -0.791. The first kappa shape index (κ1) is 16.7. The summed E-state index contributed by atoms with van der Waals surface area (Å²) in [6.45, 7) is 6.04. The Hall–Kier alpha value is -1.26. The average Bonchev–Trinajstić information content (AvgIpc) is 2.27. The van der Waals surface area contributed by atoms with Crippen molar-refractivity contribution < 1.29 is 14.7 Å². The van der Waals surface area contributed by atoms with E-state index in [0.29, 0.717) is 12.8 Å². The van der Waals surface area contributed by atoms with Gasteiger partial charge in [-0.3, -0.25) is 4.79 Å². The number of carbonyl (C=O) groups excluding carboxylic acids is 1. The van der Waals surface area contributed by atoms with E-state index in [1.165, 1.54) is 0 Å². The van der Waals surface area contributed by atoms with Crippen molar-refractivity contribution in [3.63, 3.8) is 0 Å². The number of rotatable bonds is 9. The van der Waals surface area contributed by atoms with Crippen LogP contribution in [0.2, 0.25) is 0 Å². The van der Waals surface area contributed by atoms with Crippen molar-refractivity contribution in [1.82, 2.24) is 10.6 Å². The fourth-order valence-corrected chi connectivity index (χ4v) is 1.81. The van der Waals surface area contributed by atoms with Crippen molar-refractivity contribution in [1.29, 1.82) is 0 Å². The smallest absolute Gasteiger partial charge is 0.315 e. The number of amides is 2. The first-order valence-electron chi connectivity index (χ1n) is 6.78. The SMILES string of the molecule is CCCC(CC)NC(=O)NC(C)CCCC(=O)O. The number of nitrogens with one attached hydrogen (secondary N) is 2. The van der Waals surface area contributed by atoms with Crippen LogP contribution in [-0.2, 0) is 4.79 Å². The molecule has 106 valence electrons. The zero-order valence-corrected chi connectivity index (χ0v) is 11.7. The minimum absolute atomic E-state index is 0.00322. The Morgan fingerprint density at radius 2 is 1.83 bits per heavy atom. The van der Waals surface area contributed by atoms with Crippen LogP contribution in [0, 0.1) is 0 Å². The second-order valence-corrected chi connectivity index (χ2v) is 4.70. The third kappa shape index (κ3) is 8.84. The van der Waals surface area contributed by atoms with Gasteiger partial charge in [0.1, 0.15) is 0 Å². The van der Waals surface area contributed by atoms with E-state index >= 15 is 0 Å². The van der Waals surface area contributed by atoms with Gasteiger partial charge in [-0.2, -0.15) is 0 Å². The van der Waals surface area contributed by atoms with E-state index in [1.807, 2.05) is 6.92 Å². The Morgan fingerprint density at radius 3 is 2.33 bits per heavy atom. The van der Waals surface area contributed by atoms with Crippen molar-refractivity contribution in [2.24, 2.45) is 0 Å². The number of carboxylic acid groups (broad SMARTS) is 1. The molecular formula is C13H26N2O3. The maximum Gasteiger partial charge on any atom is 0.315 e. The summed E-state index contributed by atoms with van der Waals surface area (Å²) in [6, 6.07) is 0.0721. The van der Waals surface area contributed by atoms with Gasteiger partial charge < -0.3 is 15.7 Å². The molecule has 0 aliphatic rings. The Morgan fingerprint density at radius 1 is 1.17 bits per heavy atom. The molecule has 0 aliphatic heterocycles. The van der Waals surface area contributed by atoms with Gasteiger partial charge in [-0.05, 0) is 32.6 Å². The second-order valence-electron chi connectivity index (χ2n) is 4.70. The Balaban J connectivity index is 3.81. The second kappa shape index (κ2) is 9.74. The number of hydrogen-bond acceptors (Lipinski definition) is 2. The predicted molar refractivity (Wildman–Crippen MR) is 71.6 cm³/mol. The highest BCUT2D eigenvalue weighted by Crippen LogP contribution is 2.02. The molecule has 0 rings (SSSR count). The molecule has 0 fully saturated rings. The first-order valence-corrected chi connectivity index (χ1v) is 6.78. The summed E-state index contributed by atoms with van der Waals surface area (Å²) in [6.07, 6.45) is 4.38. The molecule has 3 N–H and O–H groups in total. The average molecular weight is 258 g/mol. The summed E-state index contributed by atoms with van der Waals surface area (Å²) >= 11 is 0. The Labute approximate surface area is 109 Å². The molecule has 2 atom stereocenters. The molecule has 0 aliphatic carbocycles. The molecule has 0 bridgehead atoms. The number of carboxylic acids is 1. The highest BCUT2D eigenvalue weighted by atomic mass is 16.4. The molecule has 0 aromatic rings. The molecule has 2 amide bonds. The summed E-state index contributed by atoms with van der Waals surface area (Å²) in [5.41, 5.74) is 0. The zero-order valence-electron chi connectivity index (χ0n) is 11.7. The van der Waals surface area contributed by atoms with E-state index in [-0.39, 0.29) is 24.5 Å². The highest BCUT2D eigenvalue weighted by Gasteiger charge is 2.11. The molecule has 0 saturated heterocycles. The topological polar surface area (TPSA) is 78.4 Å². The Bertz CT molecular complexity index is 257. The maximum absolute atomic E-state index is 11.7. The third-order valence-corrected chi connectivity index (χ3v) is 2.87. The van der Waals surface area contributed by atoms with E-state index in [2.05, 4.69) is 24.5 Å². The van der Waals surface area contributed by atoms with E-state index in [0.717, 1.165) is 19.3 Å². The van der Waals surface area contributed by atoms with Crippen molar-refractivity contribution in [3.8, 4) is 0 Å². The van der Waals surface area contributed by atoms with E-state index < -0.39 is 5.97 Å². The lowest BCUT2D eigenvalue weighted by Gasteiger charge is -2.19. The van der Waals surface area contributed by atoms with Crippen molar-refractivity contribution >= 4 is 12.0 Å². The van der Waals surface area contributed by atoms with Gasteiger partial charge in [0.15, 0.2) is 0 Å². The first-order chi connectivity index (χ1) is 8.49. The molecule has 0 saturated carbocycles. The van der Waals surface area contributed by atoms with Gasteiger partial charge >= 0.3 is 12.0 Å². The van der Waals surface area contributed by atoms with Crippen LogP contribution in [0.15, 0.2) is 0 Å². The van der Waals surface area contributed by atoms with Crippen LogP contribution in [0.4, 0.5) is 4.79 Å². The maximum atomic E-state index is 11.7. The summed E-state index contributed by atoms with van der Waals surface area (Å²) in [5, 5.41) is 14.3. The van der Waals surface area contributed by atoms with Crippen molar-refractivity contribution in [2.45, 2.75) is 71.4 Å². The van der Waals surface area contributed by atoms with Crippen LogP contribution >= 0.6 is 0 Å². The molecule has 0 radical (unpaired) electrons. The lowest BCUT2D eigenvalue weighted by molar-refractivity contribution is -0.137. The quantitative estimate of drug-likeness (QED) is 0.594. The van der Waals surface area contributed by atoms with Crippen molar-refractivity contribution in [2.75, 3.05) is 0 Å². The molecule has 0 aromatic heterocycles. The third-order valence-electron chi connectivity index (χ3n) is 2.87. The summed E-state index contributed by atoms with van der Waals surface area (Å²) in [4.78, 5) is 22.0. The largest absolute Gasteiger partial charge is 0.481 e. The zero-order chi connectivity index (χ0) is 14.0. The van der Waals surface area contributed by atoms with Crippen LogP contribution < -0.4 is 10.6 Å². The van der Waals surface area contributed by atoms with Gasteiger partial charge in [0, 0.05) is 18.5 Å². The fraction of sp³-hybridized carbons (Fsp3) is 0.846. The van der Waals surface area contributed by atoms with Crippen molar-refractivity contribution in [3.05, 3.63) is 0 Å². The standard InChI is InChI=1S/C13H26N2O3/c1-4-7-11(5-2)15-13(18)14-10(3)8-6-9-12(16)17/h10-11H,4-9H2,1-3H3,(H,16,17)(H2,14,15,18). The molecule has 5 heteroatoms. The molecule has 5 nitrogen and oxygen atoms in total. The number of hydrogen-bond donors (Lipinski definition) is 3. The normalized spacial score (nSPS) is 13.7. The molecule has 2 unspecified atom stereocenters.